The van der Waals surface area contributed by atoms with Gasteiger partial charge in [-0.2, -0.15) is 0 Å². The molecule has 0 radical (unpaired) electrons. The van der Waals surface area contributed by atoms with Gasteiger partial charge in [-0.1, -0.05) is 12.1 Å². The van der Waals surface area contributed by atoms with Crippen LogP contribution in [-0.2, 0) is 5.60 Å². The molecule has 2 rings (SSSR count). The van der Waals surface area contributed by atoms with Gasteiger partial charge >= 0.3 is 0 Å². The minimum Gasteiger partial charge on any atom is -0.384 e. The van der Waals surface area contributed by atoms with E-state index in [1.807, 2.05) is 0 Å². The van der Waals surface area contributed by atoms with Crippen molar-refractivity contribution in [2.45, 2.75) is 26.4 Å². The summed E-state index contributed by atoms with van der Waals surface area (Å²) in [7, 11) is 0. The van der Waals surface area contributed by atoms with Crippen LogP contribution in [0.25, 0.3) is 0 Å². The number of hydrogen-bond donors (Lipinski definition) is 3. The number of nitrogens with one attached hydrogen (secondary N) is 2. The van der Waals surface area contributed by atoms with Gasteiger partial charge in [0, 0.05) is 5.69 Å². The van der Waals surface area contributed by atoms with Gasteiger partial charge in [-0.15, -0.1) is 0 Å². The normalized spacial score (nSPS) is 13.4. The Balaban J connectivity index is 2.15. The van der Waals surface area contributed by atoms with Crippen LogP contribution in [0.5, 0.6) is 0 Å². The first kappa shape index (κ1) is 16.9. The number of rotatable bonds is 4. The molecule has 1 heterocycles. The van der Waals surface area contributed by atoms with Gasteiger partial charge in [0.05, 0.1) is 6.54 Å². The summed E-state index contributed by atoms with van der Waals surface area (Å²) in [5.74, 6) is -0.971. The highest BCUT2D eigenvalue weighted by atomic mass is 19.1. The molecule has 5 nitrogen and oxygen atoms in total. The molecule has 0 aliphatic rings. The second-order valence-electron chi connectivity index (χ2n) is 5.80. The maximum absolute atomic E-state index is 12.9. The summed E-state index contributed by atoms with van der Waals surface area (Å²) in [6.45, 7) is 4.81. The van der Waals surface area contributed by atoms with Gasteiger partial charge in [-0.25, -0.2) is 4.39 Å². The zero-order chi connectivity index (χ0) is 17.2. The molecule has 2 aromatic rings. The van der Waals surface area contributed by atoms with Crippen LogP contribution in [0.2, 0.25) is 0 Å². The maximum Gasteiger partial charge on any atom is 0.261 e. The predicted octanol–water partition coefficient (Wildman–Crippen LogP) is 1.77. The summed E-state index contributed by atoms with van der Waals surface area (Å²) in [5, 5.41) is 13.0. The van der Waals surface area contributed by atoms with Crippen molar-refractivity contribution in [3.63, 3.8) is 0 Å². The summed E-state index contributed by atoms with van der Waals surface area (Å²) in [4.78, 5) is 26.7. The van der Waals surface area contributed by atoms with Gasteiger partial charge in [-0.3, -0.25) is 9.59 Å². The topological polar surface area (TPSA) is 82.2 Å². The number of carbonyl (C=O) groups excluding carboxylic acids is 1. The van der Waals surface area contributed by atoms with E-state index in [1.165, 1.54) is 31.2 Å². The number of halogens is 1. The average molecular weight is 318 g/mol. The number of H-pyrrole nitrogens is 1. The minimum atomic E-state index is -1.38. The fourth-order valence-electron chi connectivity index (χ4n) is 2.39. The molecule has 0 saturated heterocycles. The number of aromatic amines is 1. The molecule has 1 unspecified atom stereocenters. The third-order valence-corrected chi connectivity index (χ3v) is 3.65. The van der Waals surface area contributed by atoms with Gasteiger partial charge in [-0.05, 0) is 50.1 Å². The largest absolute Gasteiger partial charge is 0.384 e. The van der Waals surface area contributed by atoms with Crippen LogP contribution in [0, 0.1) is 19.7 Å². The first-order chi connectivity index (χ1) is 10.7. The first-order valence-electron chi connectivity index (χ1n) is 7.18. The highest BCUT2D eigenvalue weighted by Crippen LogP contribution is 2.20. The minimum absolute atomic E-state index is 0.0190. The van der Waals surface area contributed by atoms with E-state index >= 15 is 0 Å². The predicted molar refractivity (Wildman–Crippen MR) is 84.8 cm³/mol. The summed E-state index contributed by atoms with van der Waals surface area (Å²) < 4.78 is 12.9. The molecule has 1 aromatic heterocycles. The molecular formula is C17H19FN2O3. The van der Waals surface area contributed by atoms with Crippen LogP contribution in [0.15, 0.2) is 35.1 Å². The fourth-order valence-corrected chi connectivity index (χ4v) is 2.39. The van der Waals surface area contributed by atoms with Gasteiger partial charge in [0.15, 0.2) is 0 Å². The smallest absolute Gasteiger partial charge is 0.261 e. The number of aryl methyl sites for hydroxylation is 2. The Hall–Kier alpha value is -2.47. The zero-order valence-electron chi connectivity index (χ0n) is 13.2. The van der Waals surface area contributed by atoms with E-state index < -0.39 is 22.9 Å². The van der Waals surface area contributed by atoms with E-state index in [4.69, 9.17) is 0 Å². The standard InChI is InChI=1S/C17H19FN2O3/c1-10-8-11(2)20-16(22)14(10)15(21)19-9-17(3,23)12-4-6-13(18)7-5-12/h4-8,23H,9H2,1-3H3,(H,19,21)(H,20,22). The van der Waals surface area contributed by atoms with E-state index in [0.717, 1.165) is 0 Å². The van der Waals surface area contributed by atoms with Crippen LogP contribution in [0.4, 0.5) is 4.39 Å². The quantitative estimate of drug-likeness (QED) is 0.803. The lowest BCUT2D eigenvalue weighted by Crippen LogP contribution is -2.40. The number of aromatic nitrogens is 1. The lowest BCUT2D eigenvalue weighted by molar-refractivity contribution is 0.0525. The Morgan fingerprint density at radius 2 is 1.91 bits per heavy atom. The summed E-state index contributed by atoms with van der Waals surface area (Å²) in [6, 6.07) is 7.08. The Morgan fingerprint density at radius 1 is 1.30 bits per heavy atom. The third-order valence-electron chi connectivity index (χ3n) is 3.65. The Morgan fingerprint density at radius 3 is 2.48 bits per heavy atom. The highest BCUT2D eigenvalue weighted by molar-refractivity contribution is 5.95. The molecule has 0 spiro atoms. The van der Waals surface area contributed by atoms with E-state index in [1.54, 1.807) is 19.9 Å². The van der Waals surface area contributed by atoms with Crippen molar-refractivity contribution >= 4 is 5.91 Å². The SMILES string of the molecule is Cc1cc(C)c(C(=O)NCC(C)(O)c2ccc(F)cc2)c(=O)[nH]1. The molecule has 0 aliphatic heterocycles. The van der Waals surface area contributed by atoms with Crippen molar-refractivity contribution in [3.05, 3.63) is 68.9 Å². The highest BCUT2D eigenvalue weighted by Gasteiger charge is 2.25. The van der Waals surface area contributed by atoms with Gasteiger partial charge in [0.25, 0.3) is 11.5 Å². The molecule has 1 atom stereocenters. The Labute approximate surface area is 133 Å². The monoisotopic (exact) mass is 318 g/mol. The van der Waals surface area contributed by atoms with Crippen molar-refractivity contribution in [3.8, 4) is 0 Å². The van der Waals surface area contributed by atoms with Crippen molar-refractivity contribution < 1.29 is 14.3 Å². The molecular weight excluding hydrogens is 299 g/mol. The molecule has 23 heavy (non-hydrogen) atoms. The molecule has 0 bridgehead atoms. The van der Waals surface area contributed by atoms with E-state index in [2.05, 4.69) is 10.3 Å². The van der Waals surface area contributed by atoms with Crippen molar-refractivity contribution in [2.24, 2.45) is 0 Å². The number of hydrogen-bond acceptors (Lipinski definition) is 3. The molecule has 0 fully saturated rings. The summed E-state index contributed by atoms with van der Waals surface area (Å²) in [5.41, 5.74) is -0.137. The molecule has 6 heteroatoms. The lowest BCUT2D eigenvalue weighted by atomic mass is 9.96. The molecule has 0 saturated carbocycles. The van der Waals surface area contributed by atoms with E-state index in [9.17, 15) is 19.1 Å². The third kappa shape index (κ3) is 3.84. The zero-order valence-corrected chi connectivity index (χ0v) is 13.2. The van der Waals surface area contributed by atoms with Crippen LogP contribution < -0.4 is 10.9 Å². The van der Waals surface area contributed by atoms with E-state index in [0.29, 0.717) is 16.8 Å². The second-order valence-corrected chi connectivity index (χ2v) is 5.80. The number of amides is 1. The van der Waals surface area contributed by atoms with E-state index in [-0.39, 0.29) is 12.1 Å². The number of benzene rings is 1. The summed E-state index contributed by atoms with van der Waals surface area (Å²) >= 11 is 0. The molecule has 1 amide bonds. The van der Waals surface area contributed by atoms with Gasteiger partial charge < -0.3 is 15.4 Å². The second kappa shape index (κ2) is 6.34. The fraction of sp³-hybridized carbons (Fsp3) is 0.294. The van der Waals surface area contributed by atoms with Crippen molar-refractivity contribution in [2.75, 3.05) is 6.54 Å². The molecule has 122 valence electrons. The average Bonchev–Trinajstić information content (AvgIpc) is 2.44. The number of pyridine rings is 1. The lowest BCUT2D eigenvalue weighted by Gasteiger charge is -2.24. The molecule has 0 aliphatic carbocycles. The number of carbonyl (C=O) groups is 1. The van der Waals surface area contributed by atoms with Gasteiger partial charge in [0.2, 0.25) is 0 Å². The van der Waals surface area contributed by atoms with Crippen LogP contribution in [0.1, 0.15) is 34.1 Å². The van der Waals surface area contributed by atoms with Gasteiger partial charge in [0.1, 0.15) is 17.0 Å². The first-order valence-corrected chi connectivity index (χ1v) is 7.18. The van der Waals surface area contributed by atoms with Crippen molar-refractivity contribution in [1.29, 1.82) is 0 Å². The number of aliphatic hydroxyl groups is 1. The van der Waals surface area contributed by atoms with Crippen LogP contribution in [-0.4, -0.2) is 22.5 Å². The van der Waals surface area contributed by atoms with Crippen LogP contribution >= 0.6 is 0 Å². The Kier molecular flexibility index (Phi) is 4.65. The molecule has 3 N–H and O–H groups in total. The van der Waals surface area contributed by atoms with Crippen molar-refractivity contribution in [1.82, 2.24) is 10.3 Å². The molecule has 1 aromatic carbocycles. The van der Waals surface area contributed by atoms with Crippen LogP contribution in [0.3, 0.4) is 0 Å². The Bertz CT molecular complexity index is 779. The summed E-state index contributed by atoms with van der Waals surface area (Å²) in [6.07, 6.45) is 0. The maximum atomic E-state index is 12.9.